The zero-order valence-corrected chi connectivity index (χ0v) is 7.92. The Labute approximate surface area is 69.6 Å². The van der Waals surface area contributed by atoms with Gasteiger partial charge in [-0.2, -0.15) is 0 Å². The summed E-state index contributed by atoms with van der Waals surface area (Å²) >= 11 is 0. The van der Waals surface area contributed by atoms with Crippen LogP contribution < -0.4 is 5.32 Å². The zero-order valence-electron chi connectivity index (χ0n) is 7.92. The van der Waals surface area contributed by atoms with E-state index in [9.17, 15) is 0 Å². The molecule has 11 heavy (non-hydrogen) atoms. The summed E-state index contributed by atoms with van der Waals surface area (Å²) in [6.07, 6.45) is 5.36. The molecule has 1 unspecified atom stereocenters. The van der Waals surface area contributed by atoms with Gasteiger partial charge in [0.05, 0.1) is 6.10 Å². The van der Waals surface area contributed by atoms with Gasteiger partial charge >= 0.3 is 0 Å². The van der Waals surface area contributed by atoms with Crippen molar-refractivity contribution >= 4 is 0 Å². The normalized spacial score (nSPS) is 14.3. The Morgan fingerprint density at radius 1 is 1.45 bits per heavy atom. The van der Waals surface area contributed by atoms with Crippen molar-refractivity contribution in [3.05, 3.63) is 12.3 Å². The van der Waals surface area contributed by atoms with Gasteiger partial charge in [-0.3, -0.25) is 0 Å². The average Bonchev–Trinajstić information content (AvgIpc) is 1.97. The Hall–Kier alpha value is -0.500. The Balaban J connectivity index is 3.60. The maximum absolute atomic E-state index is 5.28. The Morgan fingerprint density at radius 2 is 2.09 bits per heavy atom. The second kappa shape index (κ2) is 6.23. The number of hydrogen-bond donors (Lipinski definition) is 1. The van der Waals surface area contributed by atoms with E-state index in [4.69, 9.17) is 4.74 Å². The van der Waals surface area contributed by atoms with E-state index in [0.717, 1.165) is 6.42 Å². The zero-order chi connectivity index (χ0) is 8.69. The lowest BCUT2D eigenvalue weighted by Gasteiger charge is -2.16. The summed E-state index contributed by atoms with van der Waals surface area (Å²) in [5.74, 6) is 0.585. The minimum absolute atomic E-state index is 0.347. The fraction of sp³-hybridized carbons (Fsp3) is 0.778. The summed E-state index contributed by atoms with van der Waals surface area (Å²) in [6, 6.07) is 0. The highest BCUT2D eigenvalue weighted by molar-refractivity contribution is 4.82. The SMILES string of the molecule is CN/C=C\CC(OC)C(C)C. The van der Waals surface area contributed by atoms with E-state index in [-0.39, 0.29) is 0 Å². The monoisotopic (exact) mass is 157 g/mol. The number of rotatable bonds is 5. The van der Waals surface area contributed by atoms with Gasteiger partial charge < -0.3 is 10.1 Å². The van der Waals surface area contributed by atoms with Crippen LogP contribution in [0.5, 0.6) is 0 Å². The molecule has 2 heteroatoms. The largest absolute Gasteiger partial charge is 0.394 e. The van der Waals surface area contributed by atoms with Crippen LogP contribution in [0.25, 0.3) is 0 Å². The number of ether oxygens (including phenoxy) is 1. The molecule has 0 saturated carbocycles. The van der Waals surface area contributed by atoms with Crippen molar-refractivity contribution in [2.24, 2.45) is 5.92 Å². The third-order valence-electron chi connectivity index (χ3n) is 1.70. The first kappa shape index (κ1) is 10.5. The molecule has 0 aromatic heterocycles. The third kappa shape index (κ3) is 4.85. The first-order chi connectivity index (χ1) is 5.22. The molecule has 0 amide bonds. The van der Waals surface area contributed by atoms with Crippen LogP contribution in [0.4, 0.5) is 0 Å². The molecule has 0 heterocycles. The summed E-state index contributed by atoms with van der Waals surface area (Å²) in [5, 5.41) is 2.95. The number of hydrogen-bond acceptors (Lipinski definition) is 2. The lowest BCUT2D eigenvalue weighted by Crippen LogP contribution is -2.16. The fourth-order valence-corrected chi connectivity index (χ4v) is 0.961. The molecule has 0 radical (unpaired) electrons. The molecule has 0 rings (SSSR count). The molecule has 0 aromatic rings. The first-order valence-corrected chi connectivity index (χ1v) is 4.07. The molecular weight excluding hydrogens is 138 g/mol. The highest BCUT2D eigenvalue weighted by Crippen LogP contribution is 2.09. The first-order valence-electron chi connectivity index (χ1n) is 4.07. The molecule has 0 spiro atoms. The Kier molecular flexibility index (Phi) is 5.94. The highest BCUT2D eigenvalue weighted by atomic mass is 16.5. The maximum atomic E-state index is 5.28. The van der Waals surface area contributed by atoms with Gasteiger partial charge in [-0.25, -0.2) is 0 Å². The van der Waals surface area contributed by atoms with Crippen LogP contribution in [0.2, 0.25) is 0 Å². The highest BCUT2D eigenvalue weighted by Gasteiger charge is 2.08. The van der Waals surface area contributed by atoms with E-state index in [1.807, 2.05) is 13.2 Å². The smallest absolute Gasteiger partial charge is 0.0629 e. The van der Waals surface area contributed by atoms with Gasteiger partial charge in [-0.05, 0) is 18.5 Å². The molecule has 1 N–H and O–H groups in total. The van der Waals surface area contributed by atoms with Crippen molar-refractivity contribution in [2.45, 2.75) is 26.4 Å². The maximum Gasteiger partial charge on any atom is 0.0629 e. The standard InChI is InChI=1S/C9H19NO/c1-8(2)9(11-4)6-5-7-10-3/h5,7-10H,6H2,1-4H3/b7-5-. The summed E-state index contributed by atoms with van der Waals surface area (Å²) < 4.78 is 5.28. The van der Waals surface area contributed by atoms with Crippen LogP contribution in [0.3, 0.4) is 0 Å². The van der Waals surface area contributed by atoms with E-state index < -0.39 is 0 Å². The molecule has 2 nitrogen and oxygen atoms in total. The van der Waals surface area contributed by atoms with Crippen molar-refractivity contribution in [1.82, 2.24) is 5.32 Å². The van der Waals surface area contributed by atoms with Gasteiger partial charge in [0.15, 0.2) is 0 Å². The lowest BCUT2D eigenvalue weighted by molar-refractivity contribution is 0.0675. The van der Waals surface area contributed by atoms with Crippen LogP contribution in [-0.4, -0.2) is 20.3 Å². The molecule has 0 fully saturated rings. The van der Waals surface area contributed by atoms with Crippen LogP contribution in [-0.2, 0) is 4.74 Å². The molecule has 0 saturated heterocycles. The molecular formula is C9H19NO. The van der Waals surface area contributed by atoms with Crippen LogP contribution in [0.15, 0.2) is 12.3 Å². The van der Waals surface area contributed by atoms with Crippen LogP contribution >= 0.6 is 0 Å². The van der Waals surface area contributed by atoms with E-state index >= 15 is 0 Å². The second-order valence-electron chi connectivity index (χ2n) is 2.94. The van der Waals surface area contributed by atoms with E-state index in [1.54, 1.807) is 7.11 Å². The Morgan fingerprint density at radius 3 is 2.45 bits per heavy atom. The van der Waals surface area contributed by atoms with Crippen molar-refractivity contribution in [3.63, 3.8) is 0 Å². The topological polar surface area (TPSA) is 21.3 Å². The summed E-state index contributed by atoms with van der Waals surface area (Å²) in [5.41, 5.74) is 0. The lowest BCUT2D eigenvalue weighted by atomic mass is 10.0. The molecule has 0 bridgehead atoms. The summed E-state index contributed by atoms with van der Waals surface area (Å²) in [6.45, 7) is 4.34. The van der Waals surface area contributed by atoms with Gasteiger partial charge in [0.2, 0.25) is 0 Å². The van der Waals surface area contributed by atoms with Gasteiger partial charge in [0, 0.05) is 14.2 Å². The summed E-state index contributed by atoms with van der Waals surface area (Å²) in [7, 11) is 3.66. The van der Waals surface area contributed by atoms with Gasteiger partial charge in [-0.15, -0.1) is 0 Å². The predicted octanol–water partition coefficient (Wildman–Crippen LogP) is 1.78. The molecule has 0 aromatic carbocycles. The van der Waals surface area contributed by atoms with Gasteiger partial charge in [0.1, 0.15) is 0 Å². The third-order valence-corrected chi connectivity index (χ3v) is 1.70. The van der Waals surface area contributed by atoms with Crippen molar-refractivity contribution in [1.29, 1.82) is 0 Å². The predicted molar refractivity (Wildman–Crippen MR) is 48.5 cm³/mol. The van der Waals surface area contributed by atoms with E-state index in [2.05, 4.69) is 25.2 Å². The van der Waals surface area contributed by atoms with E-state index in [1.165, 1.54) is 0 Å². The van der Waals surface area contributed by atoms with Crippen molar-refractivity contribution in [3.8, 4) is 0 Å². The molecule has 1 atom stereocenters. The number of nitrogens with one attached hydrogen (secondary N) is 1. The summed E-state index contributed by atoms with van der Waals surface area (Å²) in [4.78, 5) is 0. The molecule has 0 aliphatic heterocycles. The van der Waals surface area contributed by atoms with Crippen molar-refractivity contribution < 1.29 is 4.74 Å². The van der Waals surface area contributed by atoms with Gasteiger partial charge in [0.25, 0.3) is 0 Å². The van der Waals surface area contributed by atoms with E-state index in [0.29, 0.717) is 12.0 Å². The average molecular weight is 157 g/mol. The van der Waals surface area contributed by atoms with Crippen LogP contribution in [0, 0.1) is 5.92 Å². The Bertz CT molecular complexity index is 110. The molecule has 0 aliphatic carbocycles. The van der Waals surface area contributed by atoms with Gasteiger partial charge in [-0.1, -0.05) is 19.9 Å². The number of methoxy groups -OCH3 is 1. The minimum atomic E-state index is 0.347. The quantitative estimate of drug-likeness (QED) is 0.657. The molecule has 0 aliphatic rings. The minimum Gasteiger partial charge on any atom is -0.394 e. The molecule has 66 valence electrons. The van der Waals surface area contributed by atoms with Crippen molar-refractivity contribution in [2.75, 3.05) is 14.2 Å². The van der Waals surface area contributed by atoms with Crippen LogP contribution in [0.1, 0.15) is 20.3 Å². The second-order valence-corrected chi connectivity index (χ2v) is 2.94. The fourth-order valence-electron chi connectivity index (χ4n) is 0.961.